The third-order valence-corrected chi connectivity index (χ3v) is 2.95. The lowest BCUT2D eigenvalue weighted by Crippen LogP contribution is -2.18. The number of carbonyl (C=O) groups excluding carboxylic acids is 1. The summed E-state index contributed by atoms with van der Waals surface area (Å²) in [5.41, 5.74) is 4.24. The summed E-state index contributed by atoms with van der Waals surface area (Å²) in [7, 11) is 0. The summed E-state index contributed by atoms with van der Waals surface area (Å²) in [6, 6.07) is 7.14. The molecule has 0 bridgehead atoms. The molecule has 0 unspecified atom stereocenters. The van der Waals surface area contributed by atoms with Crippen molar-refractivity contribution >= 4 is 17.5 Å². The smallest absolute Gasteiger partial charge is 0.240 e. The van der Waals surface area contributed by atoms with Gasteiger partial charge in [0.15, 0.2) is 0 Å². The number of nitrogen functional groups attached to an aromatic ring is 1. The van der Waals surface area contributed by atoms with Crippen molar-refractivity contribution in [2.24, 2.45) is 5.84 Å². The minimum atomic E-state index is 0.0423. The first-order chi connectivity index (χ1) is 9.74. The first kappa shape index (κ1) is 12.4. The lowest BCUT2D eigenvalue weighted by molar-refractivity contribution is -0.116. The molecule has 0 fully saturated rings. The first-order valence-electron chi connectivity index (χ1n) is 6.15. The molecule has 7 nitrogen and oxygen atoms in total. The van der Waals surface area contributed by atoms with Crippen LogP contribution in [0.4, 0.5) is 11.6 Å². The van der Waals surface area contributed by atoms with E-state index in [9.17, 15) is 4.79 Å². The Morgan fingerprint density at radius 3 is 3.05 bits per heavy atom. The van der Waals surface area contributed by atoms with Gasteiger partial charge < -0.3 is 10.1 Å². The number of hydrogen-bond donors (Lipinski definition) is 3. The topological polar surface area (TPSA) is 102 Å². The number of aryl methyl sites for hydroxylation is 1. The highest BCUT2D eigenvalue weighted by atomic mass is 16.5. The van der Waals surface area contributed by atoms with E-state index in [2.05, 4.69) is 20.7 Å². The zero-order valence-electron chi connectivity index (χ0n) is 10.6. The zero-order valence-corrected chi connectivity index (χ0v) is 10.6. The summed E-state index contributed by atoms with van der Waals surface area (Å²) in [4.78, 5) is 19.3. The Hall–Kier alpha value is -2.67. The molecule has 0 radical (unpaired) electrons. The Morgan fingerprint density at radius 2 is 2.20 bits per heavy atom. The van der Waals surface area contributed by atoms with Crippen LogP contribution in [0.15, 0.2) is 30.5 Å². The Morgan fingerprint density at radius 1 is 1.30 bits per heavy atom. The van der Waals surface area contributed by atoms with Crippen LogP contribution in [-0.4, -0.2) is 15.9 Å². The molecule has 0 atom stereocenters. The number of amides is 1. The van der Waals surface area contributed by atoms with Crippen molar-refractivity contribution in [3.05, 3.63) is 36.0 Å². The molecule has 1 aliphatic heterocycles. The summed E-state index contributed by atoms with van der Waals surface area (Å²) in [5.74, 6) is 6.62. The number of hydrogen-bond acceptors (Lipinski definition) is 6. The third kappa shape index (κ3) is 2.52. The number of benzene rings is 1. The molecular weight excluding hydrogens is 258 g/mol. The summed E-state index contributed by atoms with van der Waals surface area (Å²) in [6.07, 6.45) is 2.75. The maximum Gasteiger partial charge on any atom is 0.240 e. The number of nitrogens with zero attached hydrogens (tertiary/aromatic N) is 2. The van der Waals surface area contributed by atoms with Gasteiger partial charge >= 0.3 is 0 Å². The van der Waals surface area contributed by atoms with Crippen molar-refractivity contribution in [2.75, 3.05) is 10.7 Å². The van der Waals surface area contributed by atoms with Crippen molar-refractivity contribution in [3.63, 3.8) is 0 Å². The van der Waals surface area contributed by atoms with Gasteiger partial charge in [-0.25, -0.2) is 10.8 Å². The van der Waals surface area contributed by atoms with Gasteiger partial charge in [0.1, 0.15) is 5.75 Å². The van der Waals surface area contributed by atoms with E-state index < -0.39 is 0 Å². The van der Waals surface area contributed by atoms with Gasteiger partial charge in [0.2, 0.25) is 17.7 Å². The monoisotopic (exact) mass is 271 g/mol. The largest absolute Gasteiger partial charge is 0.439 e. The van der Waals surface area contributed by atoms with Gasteiger partial charge in [0.05, 0.1) is 0 Å². The van der Waals surface area contributed by atoms with Crippen LogP contribution in [0.2, 0.25) is 0 Å². The lowest BCUT2D eigenvalue weighted by Gasteiger charge is -2.17. The number of aromatic nitrogens is 2. The molecule has 4 N–H and O–H groups in total. The van der Waals surface area contributed by atoms with Gasteiger partial charge in [-0.2, -0.15) is 4.98 Å². The van der Waals surface area contributed by atoms with Crippen molar-refractivity contribution in [3.8, 4) is 11.6 Å². The molecule has 102 valence electrons. The molecule has 2 heterocycles. The van der Waals surface area contributed by atoms with E-state index in [-0.39, 0.29) is 11.9 Å². The molecule has 3 rings (SSSR count). The molecule has 2 aromatic rings. The number of anilines is 2. The molecule has 0 spiro atoms. The number of hydrazine groups is 1. The number of fused-ring (bicyclic) bond motifs is 1. The SMILES string of the molecule is NNc1nccc(Oc2ccc3c(c2)CCC(=O)N3)n1. The predicted octanol–water partition coefficient (Wildman–Crippen LogP) is 1.44. The molecule has 1 aliphatic rings. The second-order valence-electron chi connectivity index (χ2n) is 4.33. The number of nitrogens with one attached hydrogen (secondary N) is 2. The summed E-state index contributed by atoms with van der Waals surface area (Å²) < 4.78 is 5.65. The van der Waals surface area contributed by atoms with Gasteiger partial charge in [0.25, 0.3) is 0 Å². The van der Waals surface area contributed by atoms with Crippen LogP contribution in [0.5, 0.6) is 11.6 Å². The fourth-order valence-electron chi connectivity index (χ4n) is 2.01. The Bertz CT molecular complexity index is 659. The summed E-state index contributed by atoms with van der Waals surface area (Å²) in [5, 5.41) is 2.82. The van der Waals surface area contributed by atoms with Crippen LogP contribution >= 0.6 is 0 Å². The van der Waals surface area contributed by atoms with Gasteiger partial charge in [-0.3, -0.25) is 10.2 Å². The normalized spacial score (nSPS) is 13.3. The van der Waals surface area contributed by atoms with Crippen LogP contribution in [0.25, 0.3) is 0 Å². The van der Waals surface area contributed by atoms with Crippen LogP contribution in [0.1, 0.15) is 12.0 Å². The zero-order chi connectivity index (χ0) is 13.9. The second kappa shape index (κ2) is 5.14. The van der Waals surface area contributed by atoms with Crippen molar-refractivity contribution in [2.45, 2.75) is 12.8 Å². The van der Waals surface area contributed by atoms with Crippen molar-refractivity contribution < 1.29 is 9.53 Å². The molecule has 1 aromatic heterocycles. The van der Waals surface area contributed by atoms with Crippen molar-refractivity contribution in [1.29, 1.82) is 0 Å². The quantitative estimate of drug-likeness (QED) is 0.576. The molecule has 0 saturated heterocycles. The van der Waals surface area contributed by atoms with Crippen molar-refractivity contribution in [1.82, 2.24) is 9.97 Å². The Labute approximate surface area is 115 Å². The summed E-state index contributed by atoms with van der Waals surface area (Å²) in [6.45, 7) is 0. The van der Waals surface area contributed by atoms with E-state index in [0.29, 0.717) is 24.5 Å². The molecular formula is C13H13N5O2. The fraction of sp³-hybridized carbons (Fsp3) is 0.154. The standard InChI is InChI=1S/C13H13N5O2/c14-18-13-15-6-5-12(17-13)20-9-2-3-10-8(7-9)1-4-11(19)16-10/h2-3,5-7H,1,4,14H2,(H,16,19)(H,15,17,18). The van der Waals surface area contributed by atoms with Gasteiger partial charge in [0, 0.05) is 24.4 Å². The third-order valence-electron chi connectivity index (χ3n) is 2.95. The van der Waals surface area contributed by atoms with Gasteiger partial charge in [-0.15, -0.1) is 0 Å². The Balaban J connectivity index is 1.82. The van der Waals surface area contributed by atoms with E-state index in [4.69, 9.17) is 10.6 Å². The van der Waals surface area contributed by atoms with Crippen LogP contribution in [0, 0.1) is 0 Å². The maximum atomic E-state index is 11.3. The minimum absolute atomic E-state index is 0.0423. The van der Waals surface area contributed by atoms with E-state index >= 15 is 0 Å². The molecule has 7 heteroatoms. The van der Waals surface area contributed by atoms with Crippen LogP contribution in [0.3, 0.4) is 0 Å². The number of nitrogens with two attached hydrogens (primary N) is 1. The van der Waals surface area contributed by atoms with E-state index in [0.717, 1.165) is 11.3 Å². The highest BCUT2D eigenvalue weighted by molar-refractivity contribution is 5.94. The van der Waals surface area contributed by atoms with Crippen LogP contribution in [-0.2, 0) is 11.2 Å². The molecule has 0 aliphatic carbocycles. The highest BCUT2D eigenvalue weighted by Gasteiger charge is 2.15. The number of rotatable bonds is 3. The molecule has 1 amide bonds. The maximum absolute atomic E-state index is 11.3. The minimum Gasteiger partial charge on any atom is -0.439 e. The Kier molecular flexibility index (Phi) is 3.18. The molecule has 0 saturated carbocycles. The summed E-state index contributed by atoms with van der Waals surface area (Å²) >= 11 is 0. The van der Waals surface area contributed by atoms with Gasteiger partial charge in [-0.1, -0.05) is 0 Å². The second-order valence-corrected chi connectivity index (χ2v) is 4.33. The fourth-order valence-corrected chi connectivity index (χ4v) is 2.01. The lowest BCUT2D eigenvalue weighted by atomic mass is 10.0. The number of ether oxygens (including phenoxy) is 1. The van der Waals surface area contributed by atoms with Crippen LogP contribution < -0.4 is 21.3 Å². The first-order valence-corrected chi connectivity index (χ1v) is 6.15. The van der Waals surface area contributed by atoms with E-state index in [1.807, 2.05) is 12.1 Å². The van der Waals surface area contributed by atoms with E-state index in [1.54, 1.807) is 18.3 Å². The average molecular weight is 271 g/mol. The number of carbonyl (C=O) groups is 1. The molecule has 1 aromatic carbocycles. The molecule has 20 heavy (non-hydrogen) atoms. The predicted molar refractivity (Wildman–Crippen MR) is 73.3 cm³/mol. The van der Waals surface area contributed by atoms with Gasteiger partial charge in [-0.05, 0) is 30.2 Å². The average Bonchev–Trinajstić information content (AvgIpc) is 2.47. The van der Waals surface area contributed by atoms with E-state index in [1.165, 1.54) is 0 Å². The highest BCUT2D eigenvalue weighted by Crippen LogP contribution is 2.29.